The number of carbonyl (C=O) groups is 1. The van der Waals surface area contributed by atoms with Crippen LogP contribution in [0, 0.1) is 0 Å². The molecule has 7 nitrogen and oxygen atoms in total. The molecule has 0 spiro atoms. The number of amides is 1. The zero-order chi connectivity index (χ0) is 21.9. The van der Waals surface area contributed by atoms with Crippen molar-refractivity contribution in [3.8, 4) is 0 Å². The van der Waals surface area contributed by atoms with Crippen LogP contribution in [0.4, 0.5) is 0 Å². The first-order valence-electron chi connectivity index (χ1n) is 11.3. The van der Waals surface area contributed by atoms with Gasteiger partial charge in [0, 0.05) is 49.7 Å². The second-order valence-corrected chi connectivity index (χ2v) is 8.31. The lowest BCUT2D eigenvalue weighted by atomic mass is 10.1. The molecule has 164 valence electrons. The Morgan fingerprint density at radius 1 is 1.03 bits per heavy atom. The van der Waals surface area contributed by atoms with E-state index < -0.39 is 0 Å². The Kier molecular flexibility index (Phi) is 5.62. The fourth-order valence-electron chi connectivity index (χ4n) is 4.46. The lowest BCUT2D eigenvalue weighted by Crippen LogP contribution is -2.29. The van der Waals surface area contributed by atoms with Crippen LogP contribution in [-0.2, 0) is 26.1 Å². The van der Waals surface area contributed by atoms with Crippen molar-refractivity contribution >= 4 is 16.8 Å². The molecular weight excluding hydrogens is 402 g/mol. The first kappa shape index (κ1) is 20.3. The smallest absolute Gasteiger partial charge is 0.345 e. The fraction of sp³-hybridized carbons (Fsp3) is 0.320. The van der Waals surface area contributed by atoms with Crippen LogP contribution >= 0.6 is 0 Å². The number of aromatic nitrogens is 4. The number of hydrogen-bond acceptors (Lipinski definition) is 3. The summed E-state index contributed by atoms with van der Waals surface area (Å²) in [5, 5.41) is 8.42. The van der Waals surface area contributed by atoms with Crippen molar-refractivity contribution in [3.63, 3.8) is 0 Å². The predicted octanol–water partition coefficient (Wildman–Crippen LogP) is 3.20. The van der Waals surface area contributed by atoms with E-state index in [9.17, 15) is 9.59 Å². The topological polar surface area (TPSA) is 73.8 Å². The Bertz CT molecular complexity index is 1300. The second kappa shape index (κ2) is 8.86. The Morgan fingerprint density at radius 2 is 1.84 bits per heavy atom. The molecule has 1 aliphatic heterocycles. The molecule has 5 rings (SSSR count). The summed E-state index contributed by atoms with van der Waals surface area (Å²) in [6, 6.07) is 18.2. The Balaban J connectivity index is 1.25. The summed E-state index contributed by atoms with van der Waals surface area (Å²) < 4.78 is 5.44. The van der Waals surface area contributed by atoms with Crippen LogP contribution in [0.2, 0.25) is 0 Å². The highest BCUT2D eigenvalue weighted by Gasteiger charge is 2.17. The van der Waals surface area contributed by atoms with E-state index in [4.69, 9.17) is 0 Å². The van der Waals surface area contributed by atoms with Gasteiger partial charge < -0.3 is 9.88 Å². The van der Waals surface area contributed by atoms with Gasteiger partial charge in [-0.3, -0.25) is 9.36 Å². The minimum absolute atomic E-state index is 0.0324. The highest BCUT2D eigenvalue weighted by atomic mass is 16.2. The Morgan fingerprint density at radius 3 is 2.69 bits per heavy atom. The summed E-state index contributed by atoms with van der Waals surface area (Å²) in [5.41, 5.74) is 2.87. The highest BCUT2D eigenvalue weighted by molar-refractivity contribution is 6.07. The van der Waals surface area contributed by atoms with Crippen molar-refractivity contribution < 1.29 is 4.79 Å². The molecule has 1 amide bonds. The van der Waals surface area contributed by atoms with Gasteiger partial charge in [0.05, 0.1) is 5.56 Å². The van der Waals surface area contributed by atoms with Crippen molar-refractivity contribution in [2.45, 2.75) is 45.3 Å². The summed E-state index contributed by atoms with van der Waals surface area (Å²) in [6.07, 6.45) is 5.58. The van der Waals surface area contributed by atoms with E-state index >= 15 is 0 Å². The molecule has 0 bridgehead atoms. The zero-order valence-electron chi connectivity index (χ0n) is 18.0. The summed E-state index contributed by atoms with van der Waals surface area (Å²) in [4.78, 5) is 25.4. The van der Waals surface area contributed by atoms with E-state index in [1.54, 1.807) is 9.25 Å². The summed E-state index contributed by atoms with van der Waals surface area (Å²) in [6.45, 7) is 2.47. The van der Waals surface area contributed by atoms with E-state index in [1.807, 2.05) is 48.7 Å². The molecule has 1 aliphatic rings. The number of hydrogen-bond donors (Lipinski definition) is 1. The first-order valence-corrected chi connectivity index (χ1v) is 11.3. The van der Waals surface area contributed by atoms with Crippen LogP contribution < -0.4 is 11.0 Å². The largest absolute Gasteiger partial charge is 0.352 e. The average Bonchev–Trinajstić information content (AvgIpc) is 3.35. The minimum Gasteiger partial charge on any atom is -0.352 e. The average molecular weight is 430 g/mol. The van der Waals surface area contributed by atoms with E-state index in [-0.39, 0.29) is 11.6 Å². The second-order valence-electron chi connectivity index (χ2n) is 8.31. The molecule has 0 unspecified atom stereocenters. The molecule has 0 atom stereocenters. The summed E-state index contributed by atoms with van der Waals surface area (Å²) in [7, 11) is 0. The van der Waals surface area contributed by atoms with Crippen LogP contribution in [0.3, 0.4) is 0 Å². The maximum atomic E-state index is 12.9. The molecule has 4 aromatic rings. The van der Waals surface area contributed by atoms with Crippen molar-refractivity contribution in [1.82, 2.24) is 24.2 Å². The molecule has 0 radical (unpaired) electrons. The lowest BCUT2D eigenvalue weighted by Gasteiger charge is -2.09. The number of rotatable bonds is 7. The van der Waals surface area contributed by atoms with Gasteiger partial charge in [-0.15, -0.1) is 0 Å². The molecule has 2 aromatic carbocycles. The van der Waals surface area contributed by atoms with Crippen LogP contribution in [0.15, 0.2) is 65.6 Å². The number of para-hydroxylation sites is 1. The van der Waals surface area contributed by atoms with Gasteiger partial charge in [0.25, 0.3) is 5.91 Å². The molecule has 7 heteroatoms. The van der Waals surface area contributed by atoms with Crippen LogP contribution in [0.5, 0.6) is 0 Å². The lowest BCUT2D eigenvalue weighted by molar-refractivity contribution is 0.0954. The molecule has 2 aromatic heterocycles. The zero-order valence-corrected chi connectivity index (χ0v) is 18.0. The van der Waals surface area contributed by atoms with Gasteiger partial charge in [0.15, 0.2) is 0 Å². The van der Waals surface area contributed by atoms with Gasteiger partial charge in [0.2, 0.25) is 0 Å². The number of carbonyl (C=O) groups excluding carboxylic acids is 1. The normalized spacial score (nSPS) is 13.2. The van der Waals surface area contributed by atoms with Gasteiger partial charge in [-0.05, 0) is 30.9 Å². The molecule has 32 heavy (non-hydrogen) atoms. The Labute approximate surface area is 186 Å². The van der Waals surface area contributed by atoms with E-state index in [0.717, 1.165) is 42.5 Å². The Hall–Kier alpha value is -3.61. The standard InChI is InChI=1S/C25H27N5O2/c31-24(26-14-8-16-30-25(32)29-15-7-6-13-23(29)27-30)21-18-28(17-19-9-2-1-3-10-19)22-12-5-4-11-20(21)22/h1-5,9-12,18H,6-8,13-17H2,(H,26,31). The number of nitrogens with one attached hydrogen (secondary N) is 1. The third-order valence-corrected chi connectivity index (χ3v) is 6.09. The molecule has 0 aliphatic carbocycles. The van der Waals surface area contributed by atoms with Crippen molar-refractivity contribution in [2.24, 2.45) is 0 Å². The number of benzene rings is 2. The molecule has 1 N–H and O–H groups in total. The van der Waals surface area contributed by atoms with Gasteiger partial charge in [-0.2, -0.15) is 5.10 Å². The highest BCUT2D eigenvalue weighted by Crippen LogP contribution is 2.22. The van der Waals surface area contributed by atoms with E-state index in [0.29, 0.717) is 31.6 Å². The predicted molar refractivity (Wildman–Crippen MR) is 124 cm³/mol. The number of nitrogens with zero attached hydrogens (tertiary/aromatic N) is 4. The van der Waals surface area contributed by atoms with E-state index in [2.05, 4.69) is 27.1 Å². The SMILES string of the molecule is O=C(NCCCn1nc2n(c1=O)CCCC2)c1cn(Cc2ccccc2)c2ccccc12. The van der Waals surface area contributed by atoms with Gasteiger partial charge in [0.1, 0.15) is 5.82 Å². The summed E-state index contributed by atoms with van der Waals surface area (Å²) in [5.74, 6) is 0.793. The third-order valence-electron chi connectivity index (χ3n) is 6.09. The quantitative estimate of drug-likeness (QED) is 0.459. The van der Waals surface area contributed by atoms with Crippen LogP contribution in [-0.4, -0.2) is 31.4 Å². The van der Waals surface area contributed by atoms with Crippen molar-refractivity contribution in [2.75, 3.05) is 6.54 Å². The molecular formula is C25H27N5O2. The number of fused-ring (bicyclic) bond motifs is 2. The van der Waals surface area contributed by atoms with Crippen LogP contribution in [0.25, 0.3) is 10.9 Å². The first-order chi connectivity index (χ1) is 15.7. The van der Waals surface area contributed by atoms with Gasteiger partial charge >= 0.3 is 5.69 Å². The monoisotopic (exact) mass is 429 g/mol. The molecule has 0 saturated carbocycles. The number of aryl methyl sites for hydroxylation is 2. The maximum absolute atomic E-state index is 12.9. The van der Waals surface area contributed by atoms with Crippen LogP contribution in [0.1, 0.15) is 41.0 Å². The van der Waals surface area contributed by atoms with E-state index in [1.165, 1.54) is 5.56 Å². The van der Waals surface area contributed by atoms with Crippen molar-refractivity contribution in [3.05, 3.63) is 88.2 Å². The maximum Gasteiger partial charge on any atom is 0.345 e. The third kappa shape index (κ3) is 3.98. The molecule has 0 saturated heterocycles. The minimum atomic E-state index is -0.0931. The fourth-order valence-corrected chi connectivity index (χ4v) is 4.46. The van der Waals surface area contributed by atoms with Crippen molar-refractivity contribution in [1.29, 1.82) is 0 Å². The molecule has 0 fully saturated rings. The molecule has 3 heterocycles. The van der Waals surface area contributed by atoms with Gasteiger partial charge in [-0.25, -0.2) is 9.48 Å². The van der Waals surface area contributed by atoms with Gasteiger partial charge in [-0.1, -0.05) is 48.5 Å². The summed E-state index contributed by atoms with van der Waals surface area (Å²) >= 11 is 0.